The number of rotatable bonds is 9. The van der Waals surface area contributed by atoms with Gasteiger partial charge in [-0.25, -0.2) is 8.42 Å². The first kappa shape index (κ1) is 28.6. The van der Waals surface area contributed by atoms with Crippen molar-refractivity contribution < 1.29 is 17.9 Å². The molecule has 1 saturated carbocycles. The normalized spacial score (nSPS) is 20.4. The van der Waals surface area contributed by atoms with Gasteiger partial charge in [0, 0.05) is 42.9 Å². The largest absolute Gasteiger partial charge is 0.375 e. The fraction of sp³-hybridized carbons (Fsp3) is 0.480. The van der Waals surface area contributed by atoms with Crippen LogP contribution < -0.4 is 5.73 Å². The molecule has 2 N–H and O–H groups in total. The van der Waals surface area contributed by atoms with Gasteiger partial charge in [0.15, 0.2) is 9.84 Å². The Morgan fingerprint density at radius 1 is 1.18 bits per heavy atom. The Hall–Kier alpha value is -1.64. The molecule has 0 bridgehead atoms. The minimum Gasteiger partial charge on any atom is -0.375 e. The molecule has 0 atom stereocenters. The number of nitrogens with two attached hydrogens (primary N) is 1. The standard InChI is InChI=1S/C25H33ClN2O4S.ClH/c1-32-17-24(29)28(14-11-19-5-3-8-23(15-19)33(2,30)31)22-9-12-25(18-27,13-10-22)20-6-4-7-21(26)16-20;/h3-8,15-16,22H,9-14,17-18,27H2,1-2H3;1H. The number of sulfone groups is 1. The van der Waals surface area contributed by atoms with E-state index in [0.717, 1.165) is 36.8 Å². The minimum absolute atomic E-state index is 0. The molecular formula is C25H34Cl2N2O4S. The molecule has 1 amide bonds. The first-order chi connectivity index (χ1) is 15.7. The zero-order chi connectivity index (χ0) is 24.1. The maximum absolute atomic E-state index is 12.9. The van der Waals surface area contributed by atoms with Crippen LogP contribution in [0.3, 0.4) is 0 Å². The highest BCUT2D eigenvalue weighted by atomic mass is 35.5. The van der Waals surface area contributed by atoms with Crippen LogP contribution in [0.4, 0.5) is 0 Å². The zero-order valence-electron chi connectivity index (χ0n) is 19.7. The van der Waals surface area contributed by atoms with Crippen LogP contribution in [0.1, 0.15) is 36.8 Å². The van der Waals surface area contributed by atoms with Crippen molar-refractivity contribution in [2.75, 3.05) is 33.1 Å². The monoisotopic (exact) mass is 528 g/mol. The summed E-state index contributed by atoms with van der Waals surface area (Å²) in [4.78, 5) is 15.1. The molecule has 0 saturated heterocycles. The van der Waals surface area contributed by atoms with Gasteiger partial charge in [0.2, 0.25) is 5.91 Å². The summed E-state index contributed by atoms with van der Waals surface area (Å²) < 4.78 is 28.9. The number of nitrogens with zero attached hydrogens (tertiary/aromatic N) is 1. The lowest BCUT2D eigenvalue weighted by Crippen LogP contribution is -2.49. The molecule has 0 aromatic heterocycles. The molecule has 0 aliphatic heterocycles. The Kier molecular flexibility index (Phi) is 10.4. The van der Waals surface area contributed by atoms with E-state index >= 15 is 0 Å². The summed E-state index contributed by atoms with van der Waals surface area (Å²) in [5.74, 6) is -0.0511. The number of hydrogen-bond donors (Lipinski definition) is 1. The Morgan fingerprint density at radius 2 is 1.85 bits per heavy atom. The zero-order valence-corrected chi connectivity index (χ0v) is 22.1. The van der Waals surface area contributed by atoms with Gasteiger partial charge in [-0.15, -0.1) is 12.4 Å². The lowest BCUT2D eigenvalue weighted by molar-refractivity contribution is -0.138. The van der Waals surface area contributed by atoms with Crippen LogP contribution in [-0.2, 0) is 31.2 Å². The second-order valence-corrected chi connectivity index (χ2v) is 11.4. The molecular weight excluding hydrogens is 495 g/mol. The van der Waals surface area contributed by atoms with Crippen molar-refractivity contribution in [2.45, 2.75) is 48.5 Å². The van der Waals surface area contributed by atoms with E-state index in [4.69, 9.17) is 22.1 Å². The van der Waals surface area contributed by atoms with E-state index in [1.807, 2.05) is 29.2 Å². The number of benzene rings is 2. The molecule has 3 rings (SSSR count). The van der Waals surface area contributed by atoms with E-state index < -0.39 is 9.84 Å². The smallest absolute Gasteiger partial charge is 0.248 e. The highest BCUT2D eigenvalue weighted by Crippen LogP contribution is 2.41. The van der Waals surface area contributed by atoms with E-state index in [-0.39, 0.29) is 36.4 Å². The summed E-state index contributed by atoms with van der Waals surface area (Å²) >= 11 is 6.23. The number of halogens is 2. The fourth-order valence-corrected chi connectivity index (χ4v) is 5.68. The van der Waals surface area contributed by atoms with Gasteiger partial charge in [-0.3, -0.25) is 4.79 Å². The Morgan fingerprint density at radius 3 is 2.44 bits per heavy atom. The van der Waals surface area contributed by atoms with Crippen LogP contribution in [-0.4, -0.2) is 58.3 Å². The molecule has 0 radical (unpaired) electrons. The number of methoxy groups -OCH3 is 1. The van der Waals surface area contributed by atoms with Crippen LogP contribution in [0.25, 0.3) is 0 Å². The van der Waals surface area contributed by atoms with Crippen molar-refractivity contribution in [1.29, 1.82) is 0 Å². The molecule has 6 nitrogen and oxygen atoms in total. The molecule has 1 aliphatic rings. The van der Waals surface area contributed by atoms with Crippen molar-refractivity contribution in [3.05, 3.63) is 64.7 Å². The van der Waals surface area contributed by atoms with Gasteiger partial charge in [-0.2, -0.15) is 0 Å². The third-order valence-corrected chi connectivity index (χ3v) is 8.08. The van der Waals surface area contributed by atoms with Crippen LogP contribution in [0.15, 0.2) is 53.4 Å². The van der Waals surface area contributed by atoms with Gasteiger partial charge in [0.25, 0.3) is 0 Å². The second-order valence-electron chi connectivity index (χ2n) is 8.92. The van der Waals surface area contributed by atoms with Crippen molar-refractivity contribution in [1.82, 2.24) is 4.90 Å². The Bertz CT molecular complexity index is 1070. The number of carbonyl (C=O) groups is 1. The predicted molar refractivity (Wildman–Crippen MR) is 139 cm³/mol. The molecule has 34 heavy (non-hydrogen) atoms. The molecule has 188 valence electrons. The highest BCUT2D eigenvalue weighted by molar-refractivity contribution is 7.90. The van der Waals surface area contributed by atoms with Gasteiger partial charge in [-0.1, -0.05) is 35.9 Å². The molecule has 9 heteroatoms. The van der Waals surface area contributed by atoms with Crippen LogP contribution in [0.5, 0.6) is 0 Å². The SMILES string of the molecule is COCC(=O)N(CCc1cccc(S(C)(=O)=O)c1)C1CCC(CN)(c2cccc(Cl)c2)CC1.Cl. The van der Waals surface area contributed by atoms with Crippen LogP contribution in [0, 0.1) is 0 Å². The second kappa shape index (κ2) is 12.4. The Labute approximate surface area is 214 Å². The van der Waals surface area contributed by atoms with E-state index in [9.17, 15) is 13.2 Å². The third kappa shape index (κ3) is 6.95. The van der Waals surface area contributed by atoms with Crippen molar-refractivity contribution in [3.8, 4) is 0 Å². The number of ether oxygens (including phenoxy) is 1. The molecule has 1 fully saturated rings. The first-order valence-electron chi connectivity index (χ1n) is 11.2. The van der Waals surface area contributed by atoms with Gasteiger partial charge >= 0.3 is 0 Å². The molecule has 2 aromatic carbocycles. The van der Waals surface area contributed by atoms with Crippen LogP contribution >= 0.6 is 24.0 Å². The van der Waals surface area contributed by atoms with E-state index in [1.165, 1.54) is 13.4 Å². The van der Waals surface area contributed by atoms with Crippen molar-refractivity contribution in [3.63, 3.8) is 0 Å². The predicted octanol–water partition coefficient (Wildman–Crippen LogP) is 4.02. The summed E-state index contributed by atoms with van der Waals surface area (Å²) in [6.45, 7) is 1.06. The van der Waals surface area contributed by atoms with Gasteiger partial charge < -0.3 is 15.4 Å². The van der Waals surface area contributed by atoms with E-state index in [0.29, 0.717) is 29.4 Å². The number of amides is 1. The summed E-state index contributed by atoms with van der Waals surface area (Å²) in [5, 5.41) is 0.704. The van der Waals surface area contributed by atoms with Crippen molar-refractivity contribution in [2.24, 2.45) is 5.73 Å². The molecule has 1 aliphatic carbocycles. The van der Waals surface area contributed by atoms with Crippen LogP contribution in [0.2, 0.25) is 5.02 Å². The lowest BCUT2D eigenvalue weighted by Gasteiger charge is -2.43. The topological polar surface area (TPSA) is 89.7 Å². The number of carbonyl (C=O) groups excluding carboxylic acids is 1. The highest BCUT2D eigenvalue weighted by Gasteiger charge is 2.38. The Balaban J connectivity index is 0.00000408. The van der Waals surface area contributed by atoms with Gasteiger partial charge in [0.05, 0.1) is 4.90 Å². The maximum Gasteiger partial charge on any atom is 0.248 e. The summed E-state index contributed by atoms with van der Waals surface area (Å²) in [6.07, 6.45) is 5.19. The molecule has 0 heterocycles. The average Bonchev–Trinajstić information content (AvgIpc) is 2.79. The average molecular weight is 530 g/mol. The van der Waals surface area contributed by atoms with Gasteiger partial charge in [-0.05, 0) is 67.5 Å². The first-order valence-corrected chi connectivity index (χ1v) is 13.5. The fourth-order valence-electron chi connectivity index (χ4n) is 4.79. The number of hydrogen-bond acceptors (Lipinski definition) is 5. The summed E-state index contributed by atoms with van der Waals surface area (Å²) in [6, 6.07) is 14.9. The summed E-state index contributed by atoms with van der Waals surface area (Å²) in [7, 11) is -1.76. The molecule has 2 aromatic rings. The minimum atomic E-state index is -3.28. The lowest BCUT2D eigenvalue weighted by atomic mass is 9.68. The maximum atomic E-state index is 12.9. The third-order valence-electron chi connectivity index (χ3n) is 6.74. The quantitative estimate of drug-likeness (QED) is 0.530. The van der Waals surface area contributed by atoms with Crippen molar-refractivity contribution >= 4 is 39.8 Å². The molecule has 0 unspecified atom stereocenters. The molecule has 0 spiro atoms. The van der Waals surface area contributed by atoms with E-state index in [2.05, 4.69) is 6.07 Å². The summed E-state index contributed by atoms with van der Waals surface area (Å²) in [5.41, 5.74) is 8.15. The van der Waals surface area contributed by atoms with Gasteiger partial charge in [0.1, 0.15) is 6.61 Å². The van der Waals surface area contributed by atoms with E-state index in [1.54, 1.807) is 18.2 Å².